The molecule has 1 amide bonds. The van der Waals surface area contributed by atoms with Gasteiger partial charge in [0.1, 0.15) is 18.2 Å². The van der Waals surface area contributed by atoms with E-state index >= 15 is 0 Å². The van der Waals surface area contributed by atoms with Gasteiger partial charge in [0.15, 0.2) is 11.5 Å². The van der Waals surface area contributed by atoms with Crippen LogP contribution in [0.3, 0.4) is 0 Å². The molecule has 3 aromatic rings. The van der Waals surface area contributed by atoms with Crippen LogP contribution in [-0.2, 0) is 11.4 Å². The topological polar surface area (TPSA) is 71.3 Å². The first-order valence-corrected chi connectivity index (χ1v) is 10.9. The number of nitrogens with one attached hydrogen (secondary N) is 1. The number of carbonyl (C=O) groups excluding carboxylic acids is 1. The number of hydrogen-bond acceptors (Lipinski definition) is 4. The number of carbonyl (C=O) groups is 1. The van der Waals surface area contributed by atoms with Gasteiger partial charge in [-0.1, -0.05) is 48.0 Å². The second-order valence-corrected chi connectivity index (χ2v) is 7.88. The van der Waals surface area contributed by atoms with Gasteiger partial charge < -0.3 is 14.8 Å². The minimum absolute atomic E-state index is 0.0171. The van der Waals surface area contributed by atoms with Crippen LogP contribution < -0.4 is 14.8 Å². The zero-order valence-electron chi connectivity index (χ0n) is 17.9. The Balaban J connectivity index is 1.84. The number of para-hydroxylation sites is 1. The van der Waals surface area contributed by atoms with E-state index in [0.717, 1.165) is 5.56 Å². The molecule has 0 unspecified atom stereocenters. The molecule has 0 heterocycles. The summed E-state index contributed by atoms with van der Waals surface area (Å²) in [4.78, 5) is 12.5. The summed E-state index contributed by atoms with van der Waals surface area (Å²) in [5, 5.41) is 12.2. The van der Waals surface area contributed by atoms with E-state index in [9.17, 15) is 10.1 Å². The lowest BCUT2D eigenvalue weighted by molar-refractivity contribution is -0.112. The molecule has 0 aliphatic heterocycles. The van der Waals surface area contributed by atoms with Crippen LogP contribution in [0.2, 0.25) is 0 Å². The standard InChI is InChI=1S/C26H23BrN2O3/c1-3-31-24-15-20(13-21(16-28)26(30)29-22-7-5-4-6-8-22)14-23(27)25(24)32-17-19-11-9-18(2)10-12-19/h4-15H,3,17H2,1-2H3,(H,29,30)/b21-13-. The van der Waals surface area contributed by atoms with Gasteiger partial charge in [0.2, 0.25) is 0 Å². The highest BCUT2D eigenvalue weighted by Gasteiger charge is 2.15. The number of anilines is 1. The lowest BCUT2D eigenvalue weighted by Crippen LogP contribution is -2.13. The van der Waals surface area contributed by atoms with Crippen molar-refractivity contribution in [1.82, 2.24) is 0 Å². The van der Waals surface area contributed by atoms with Gasteiger partial charge in [-0.2, -0.15) is 5.26 Å². The number of halogens is 1. The van der Waals surface area contributed by atoms with Gasteiger partial charge in [-0.25, -0.2) is 0 Å². The number of hydrogen-bond donors (Lipinski definition) is 1. The van der Waals surface area contributed by atoms with Gasteiger partial charge in [-0.05, 0) is 71.2 Å². The van der Waals surface area contributed by atoms with Crippen LogP contribution in [0.1, 0.15) is 23.6 Å². The van der Waals surface area contributed by atoms with Crippen molar-refractivity contribution in [3.05, 3.63) is 93.5 Å². The molecule has 0 fully saturated rings. The van der Waals surface area contributed by atoms with E-state index in [2.05, 4.69) is 21.2 Å². The number of ether oxygens (including phenoxy) is 2. The van der Waals surface area contributed by atoms with Crippen LogP contribution >= 0.6 is 15.9 Å². The van der Waals surface area contributed by atoms with E-state index in [-0.39, 0.29) is 5.57 Å². The molecule has 0 spiro atoms. The largest absolute Gasteiger partial charge is 0.490 e. The van der Waals surface area contributed by atoms with Crippen molar-refractivity contribution in [2.45, 2.75) is 20.5 Å². The Morgan fingerprint density at radius 1 is 1.09 bits per heavy atom. The van der Waals surface area contributed by atoms with E-state index in [4.69, 9.17) is 9.47 Å². The molecule has 1 N–H and O–H groups in total. The Morgan fingerprint density at radius 2 is 1.81 bits per heavy atom. The third-order valence-electron chi connectivity index (χ3n) is 4.54. The van der Waals surface area contributed by atoms with Crippen LogP contribution in [-0.4, -0.2) is 12.5 Å². The first-order chi connectivity index (χ1) is 15.5. The van der Waals surface area contributed by atoms with Crippen LogP contribution in [0.15, 0.2) is 76.8 Å². The SMILES string of the molecule is CCOc1cc(/C=C(/C#N)C(=O)Nc2ccccc2)cc(Br)c1OCc1ccc(C)cc1. The monoisotopic (exact) mass is 490 g/mol. The smallest absolute Gasteiger partial charge is 0.266 e. The van der Waals surface area contributed by atoms with Gasteiger partial charge in [0, 0.05) is 5.69 Å². The van der Waals surface area contributed by atoms with Gasteiger partial charge in [0.25, 0.3) is 5.91 Å². The minimum atomic E-state index is -0.479. The molecule has 162 valence electrons. The Hall–Kier alpha value is -3.56. The second kappa shape index (κ2) is 11.2. The summed E-state index contributed by atoms with van der Waals surface area (Å²) in [7, 11) is 0. The van der Waals surface area contributed by atoms with Crippen molar-refractivity contribution >= 4 is 33.6 Å². The van der Waals surface area contributed by atoms with Crippen LogP contribution in [0.4, 0.5) is 5.69 Å². The molecule has 0 bridgehead atoms. The summed E-state index contributed by atoms with van der Waals surface area (Å²) in [6, 6.07) is 22.6. The molecule has 6 heteroatoms. The zero-order chi connectivity index (χ0) is 22.9. The Bertz CT molecular complexity index is 1150. The summed E-state index contributed by atoms with van der Waals surface area (Å²) in [6.45, 7) is 4.75. The summed E-state index contributed by atoms with van der Waals surface area (Å²) in [5.74, 6) is 0.616. The van der Waals surface area contributed by atoms with Gasteiger partial charge in [-0.3, -0.25) is 4.79 Å². The predicted molar refractivity (Wildman–Crippen MR) is 129 cm³/mol. The van der Waals surface area contributed by atoms with Crippen LogP contribution in [0, 0.1) is 18.3 Å². The molecule has 3 rings (SSSR count). The molecule has 32 heavy (non-hydrogen) atoms. The number of amides is 1. The number of aryl methyl sites for hydroxylation is 1. The number of rotatable bonds is 8. The molecule has 5 nitrogen and oxygen atoms in total. The Kier molecular flexibility index (Phi) is 8.07. The third-order valence-corrected chi connectivity index (χ3v) is 5.13. The number of nitrogens with zero attached hydrogens (tertiary/aromatic N) is 1. The molecule has 3 aromatic carbocycles. The quantitative estimate of drug-likeness (QED) is 0.297. The number of benzene rings is 3. The minimum Gasteiger partial charge on any atom is -0.490 e. The van der Waals surface area contributed by atoms with E-state index in [0.29, 0.717) is 40.4 Å². The van der Waals surface area contributed by atoms with E-state index in [1.165, 1.54) is 11.6 Å². The number of nitriles is 1. The molecule has 0 aromatic heterocycles. The first kappa shape index (κ1) is 23.1. The molecule has 0 aliphatic rings. The van der Waals surface area contributed by atoms with E-state index in [1.54, 1.807) is 24.3 Å². The van der Waals surface area contributed by atoms with Crippen LogP contribution in [0.5, 0.6) is 11.5 Å². The highest BCUT2D eigenvalue weighted by atomic mass is 79.9. The van der Waals surface area contributed by atoms with Crippen molar-refractivity contribution < 1.29 is 14.3 Å². The van der Waals surface area contributed by atoms with Crippen molar-refractivity contribution in [3.8, 4) is 17.6 Å². The van der Waals surface area contributed by atoms with Crippen molar-refractivity contribution in [1.29, 1.82) is 5.26 Å². The highest BCUT2D eigenvalue weighted by molar-refractivity contribution is 9.10. The third kappa shape index (κ3) is 6.22. The molecule has 0 saturated heterocycles. The summed E-state index contributed by atoms with van der Waals surface area (Å²) in [6.07, 6.45) is 1.52. The van der Waals surface area contributed by atoms with Crippen molar-refractivity contribution in [2.75, 3.05) is 11.9 Å². The van der Waals surface area contributed by atoms with Gasteiger partial charge in [0.05, 0.1) is 11.1 Å². The zero-order valence-corrected chi connectivity index (χ0v) is 19.5. The fourth-order valence-corrected chi connectivity index (χ4v) is 3.52. The predicted octanol–water partition coefficient (Wildman–Crippen LogP) is 6.28. The molecule has 0 aliphatic carbocycles. The fourth-order valence-electron chi connectivity index (χ4n) is 2.95. The molecule has 0 saturated carbocycles. The molecule has 0 radical (unpaired) electrons. The van der Waals surface area contributed by atoms with Crippen molar-refractivity contribution in [3.63, 3.8) is 0 Å². The summed E-state index contributed by atoms with van der Waals surface area (Å²) < 4.78 is 12.5. The highest BCUT2D eigenvalue weighted by Crippen LogP contribution is 2.38. The average molecular weight is 491 g/mol. The summed E-state index contributed by atoms with van der Waals surface area (Å²) in [5.41, 5.74) is 3.47. The van der Waals surface area contributed by atoms with E-state index < -0.39 is 5.91 Å². The van der Waals surface area contributed by atoms with Crippen molar-refractivity contribution in [2.24, 2.45) is 0 Å². The Morgan fingerprint density at radius 3 is 2.47 bits per heavy atom. The average Bonchev–Trinajstić information content (AvgIpc) is 2.79. The lowest BCUT2D eigenvalue weighted by atomic mass is 10.1. The first-order valence-electron chi connectivity index (χ1n) is 10.1. The lowest BCUT2D eigenvalue weighted by Gasteiger charge is -2.15. The molecule has 0 atom stereocenters. The fraction of sp³-hybridized carbons (Fsp3) is 0.154. The molecular weight excluding hydrogens is 468 g/mol. The summed E-state index contributed by atoms with van der Waals surface area (Å²) >= 11 is 3.54. The van der Waals surface area contributed by atoms with Crippen LogP contribution in [0.25, 0.3) is 6.08 Å². The van der Waals surface area contributed by atoms with Gasteiger partial charge >= 0.3 is 0 Å². The van der Waals surface area contributed by atoms with E-state index in [1.807, 2.05) is 62.4 Å². The van der Waals surface area contributed by atoms with Gasteiger partial charge in [-0.15, -0.1) is 0 Å². The normalized spacial score (nSPS) is 10.9. The molecular formula is C26H23BrN2O3. The maximum atomic E-state index is 12.5. The Labute approximate surface area is 196 Å². The second-order valence-electron chi connectivity index (χ2n) is 7.03. The maximum Gasteiger partial charge on any atom is 0.266 e. The maximum absolute atomic E-state index is 12.5.